The Balaban J connectivity index is 1.46. The van der Waals surface area contributed by atoms with Gasteiger partial charge in [-0.15, -0.1) is 0 Å². The molecule has 2 amide bonds. The molecule has 1 fully saturated rings. The number of nitrogens with zero attached hydrogens (tertiary/aromatic N) is 4. The van der Waals surface area contributed by atoms with Crippen LogP contribution in [0.4, 0.5) is 10.6 Å². The summed E-state index contributed by atoms with van der Waals surface area (Å²) in [6.45, 7) is 8.52. The second-order valence-electron chi connectivity index (χ2n) is 8.53. The normalized spacial score (nSPS) is 14.6. The lowest BCUT2D eigenvalue weighted by Gasteiger charge is -2.26. The summed E-state index contributed by atoms with van der Waals surface area (Å²) >= 11 is 0. The molecule has 1 saturated heterocycles. The molecule has 1 aliphatic rings. The quantitative estimate of drug-likeness (QED) is 0.568. The number of ether oxygens (including phenoxy) is 1. The number of pyridine rings is 1. The molecule has 1 aliphatic heterocycles. The zero-order chi connectivity index (χ0) is 21.8. The van der Waals surface area contributed by atoms with E-state index in [9.17, 15) is 4.79 Å². The van der Waals surface area contributed by atoms with Crippen molar-refractivity contribution in [2.45, 2.75) is 39.7 Å². The topological polar surface area (TPSA) is 98.3 Å². The van der Waals surface area contributed by atoms with Crippen molar-refractivity contribution in [3.8, 4) is 0 Å². The summed E-state index contributed by atoms with van der Waals surface area (Å²) in [5.74, 6) is 2.00. The number of nitrogens with one attached hydrogen (secondary N) is 1. The number of anilines is 1. The van der Waals surface area contributed by atoms with E-state index in [0.717, 1.165) is 53.6 Å². The molecule has 0 atom stereocenters. The van der Waals surface area contributed by atoms with Crippen molar-refractivity contribution >= 4 is 33.8 Å². The number of para-hydroxylation sites is 1. The van der Waals surface area contributed by atoms with E-state index in [1.807, 2.05) is 23.1 Å². The first-order valence-electron chi connectivity index (χ1n) is 11.2. The van der Waals surface area contributed by atoms with Gasteiger partial charge in [-0.2, -0.15) is 0 Å². The van der Waals surface area contributed by atoms with Crippen LogP contribution in [0.1, 0.15) is 32.5 Å². The molecule has 8 nitrogen and oxygen atoms in total. The predicted molar refractivity (Wildman–Crippen MR) is 123 cm³/mol. The number of imidazole rings is 1. The first kappa shape index (κ1) is 21.4. The highest BCUT2D eigenvalue weighted by Gasteiger charge is 2.18. The number of nitrogens with two attached hydrogens (primary N) is 1. The number of urea groups is 1. The molecule has 166 valence electrons. The molecule has 31 heavy (non-hydrogen) atoms. The molecule has 4 rings (SSSR count). The van der Waals surface area contributed by atoms with E-state index in [-0.39, 0.29) is 6.03 Å². The average molecular weight is 425 g/mol. The minimum Gasteiger partial charge on any atom is -0.382 e. The lowest BCUT2D eigenvalue weighted by atomic mass is 10.1. The Kier molecular flexibility index (Phi) is 6.56. The van der Waals surface area contributed by atoms with Crippen molar-refractivity contribution in [1.29, 1.82) is 0 Å². The SMILES string of the molecule is CC(C)Cn1c(CCCCNC(=O)N2CCOCC2)nc2c(N)nc3ccccc3c21. The van der Waals surface area contributed by atoms with Gasteiger partial charge < -0.3 is 25.3 Å². The molecule has 3 heterocycles. The standard InChI is InChI=1S/C23H32N6O2/c1-16(2)15-29-19(9-5-6-10-25-23(30)28-11-13-31-14-12-28)27-20-21(29)17-7-3-4-8-18(17)26-22(20)24/h3-4,7-8,16H,5-6,9-15H2,1-2H3,(H2,24,26)(H,25,30). The van der Waals surface area contributed by atoms with E-state index in [1.54, 1.807) is 0 Å². The molecular weight excluding hydrogens is 392 g/mol. The Bertz CT molecular complexity index is 1060. The highest BCUT2D eigenvalue weighted by atomic mass is 16.5. The summed E-state index contributed by atoms with van der Waals surface area (Å²) in [5.41, 5.74) is 9.03. The Morgan fingerprint density at radius 2 is 1.97 bits per heavy atom. The third-order valence-corrected chi connectivity index (χ3v) is 5.64. The number of carbonyl (C=O) groups excluding carboxylic acids is 1. The fourth-order valence-electron chi connectivity index (χ4n) is 4.14. The number of hydrogen-bond acceptors (Lipinski definition) is 5. The summed E-state index contributed by atoms with van der Waals surface area (Å²) in [6.07, 6.45) is 2.67. The summed E-state index contributed by atoms with van der Waals surface area (Å²) < 4.78 is 7.61. The molecular formula is C23H32N6O2. The van der Waals surface area contributed by atoms with Crippen LogP contribution in [-0.2, 0) is 17.7 Å². The fourth-order valence-corrected chi connectivity index (χ4v) is 4.14. The molecule has 0 unspecified atom stereocenters. The number of hydrogen-bond donors (Lipinski definition) is 2. The molecule has 0 radical (unpaired) electrons. The third-order valence-electron chi connectivity index (χ3n) is 5.64. The first-order chi connectivity index (χ1) is 15.0. The first-order valence-corrected chi connectivity index (χ1v) is 11.2. The molecule has 0 aliphatic carbocycles. The van der Waals surface area contributed by atoms with E-state index < -0.39 is 0 Å². The van der Waals surface area contributed by atoms with E-state index in [4.69, 9.17) is 15.5 Å². The van der Waals surface area contributed by atoms with Crippen LogP contribution in [0.5, 0.6) is 0 Å². The van der Waals surface area contributed by atoms with Crippen molar-refractivity contribution in [2.24, 2.45) is 5.92 Å². The smallest absolute Gasteiger partial charge is 0.317 e. The number of benzene rings is 1. The monoisotopic (exact) mass is 424 g/mol. The largest absolute Gasteiger partial charge is 0.382 e. The van der Waals surface area contributed by atoms with E-state index >= 15 is 0 Å². The van der Waals surface area contributed by atoms with Crippen LogP contribution in [0.25, 0.3) is 21.9 Å². The fraction of sp³-hybridized carbons (Fsp3) is 0.522. The number of aryl methyl sites for hydroxylation is 1. The van der Waals surface area contributed by atoms with Crippen molar-refractivity contribution in [3.63, 3.8) is 0 Å². The Labute approximate surface area is 182 Å². The maximum Gasteiger partial charge on any atom is 0.317 e. The van der Waals surface area contributed by atoms with Crippen LogP contribution in [-0.4, -0.2) is 58.3 Å². The summed E-state index contributed by atoms with van der Waals surface area (Å²) in [6, 6.07) is 8.10. The number of carbonyl (C=O) groups is 1. The molecule has 2 aromatic heterocycles. The summed E-state index contributed by atoms with van der Waals surface area (Å²) in [5, 5.41) is 4.11. The van der Waals surface area contributed by atoms with Crippen LogP contribution in [0.3, 0.4) is 0 Å². The Hall–Kier alpha value is -2.87. The molecule has 0 spiro atoms. The van der Waals surface area contributed by atoms with Gasteiger partial charge in [0.25, 0.3) is 0 Å². The maximum atomic E-state index is 12.2. The predicted octanol–water partition coefficient (Wildman–Crippen LogP) is 3.19. The molecule has 1 aromatic carbocycles. The van der Waals surface area contributed by atoms with Crippen molar-refractivity contribution in [2.75, 3.05) is 38.6 Å². The minimum absolute atomic E-state index is 0.000615. The highest BCUT2D eigenvalue weighted by Crippen LogP contribution is 2.29. The zero-order valence-electron chi connectivity index (χ0n) is 18.4. The number of amides is 2. The van der Waals surface area contributed by atoms with Crippen molar-refractivity contribution in [1.82, 2.24) is 24.8 Å². The third kappa shape index (κ3) is 4.74. The number of fused-ring (bicyclic) bond motifs is 3. The van der Waals surface area contributed by atoms with Crippen molar-refractivity contribution in [3.05, 3.63) is 30.1 Å². The second-order valence-corrected chi connectivity index (χ2v) is 8.53. The van der Waals surface area contributed by atoms with Gasteiger partial charge in [0, 0.05) is 38.0 Å². The van der Waals surface area contributed by atoms with E-state index in [0.29, 0.717) is 44.6 Å². The second kappa shape index (κ2) is 9.51. The maximum absolute atomic E-state index is 12.2. The van der Waals surface area contributed by atoms with Gasteiger partial charge in [-0.3, -0.25) is 0 Å². The lowest BCUT2D eigenvalue weighted by molar-refractivity contribution is 0.0532. The molecule has 0 bridgehead atoms. The molecule has 3 N–H and O–H groups in total. The number of rotatable bonds is 7. The summed E-state index contributed by atoms with van der Waals surface area (Å²) in [4.78, 5) is 23.5. The number of aromatic nitrogens is 3. The molecule has 3 aromatic rings. The van der Waals surface area contributed by atoms with Crippen LogP contribution >= 0.6 is 0 Å². The average Bonchev–Trinajstić information content (AvgIpc) is 3.12. The van der Waals surface area contributed by atoms with Crippen LogP contribution in [0.2, 0.25) is 0 Å². The molecule has 0 saturated carbocycles. The van der Waals surface area contributed by atoms with Crippen LogP contribution in [0, 0.1) is 5.92 Å². The van der Waals surface area contributed by atoms with Gasteiger partial charge in [-0.1, -0.05) is 32.0 Å². The van der Waals surface area contributed by atoms with Gasteiger partial charge >= 0.3 is 6.03 Å². The van der Waals surface area contributed by atoms with Gasteiger partial charge in [-0.05, 0) is 24.8 Å². The van der Waals surface area contributed by atoms with Gasteiger partial charge in [0.05, 0.1) is 24.2 Å². The Morgan fingerprint density at radius 3 is 2.74 bits per heavy atom. The van der Waals surface area contributed by atoms with E-state index in [2.05, 4.69) is 34.8 Å². The van der Waals surface area contributed by atoms with Crippen molar-refractivity contribution < 1.29 is 9.53 Å². The number of nitrogen functional groups attached to an aromatic ring is 1. The highest BCUT2D eigenvalue weighted by molar-refractivity contribution is 6.06. The van der Waals surface area contributed by atoms with Gasteiger partial charge in [-0.25, -0.2) is 14.8 Å². The zero-order valence-corrected chi connectivity index (χ0v) is 18.4. The van der Waals surface area contributed by atoms with E-state index in [1.165, 1.54) is 0 Å². The number of morpholine rings is 1. The Morgan fingerprint density at radius 1 is 1.19 bits per heavy atom. The summed E-state index contributed by atoms with van der Waals surface area (Å²) in [7, 11) is 0. The van der Waals surface area contributed by atoms with Crippen LogP contribution < -0.4 is 11.1 Å². The number of unbranched alkanes of at least 4 members (excludes halogenated alkanes) is 1. The minimum atomic E-state index is 0.000615. The lowest BCUT2D eigenvalue weighted by Crippen LogP contribution is -2.46. The molecule has 8 heteroatoms. The van der Waals surface area contributed by atoms with Gasteiger partial charge in [0.2, 0.25) is 0 Å². The van der Waals surface area contributed by atoms with Gasteiger partial charge in [0.1, 0.15) is 11.3 Å². The van der Waals surface area contributed by atoms with Crippen LogP contribution in [0.15, 0.2) is 24.3 Å². The van der Waals surface area contributed by atoms with Gasteiger partial charge in [0.15, 0.2) is 5.82 Å².